The van der Waals surface area contributed by atoms with Crippen LogP contribution in [0.4, 0.5) is 5.82 Å². The quantitative estimate of drug-likeness (QED) is 0.756. The van der Waals surface area contributed by atoms with Gasteiger partial charge in [-0.2, -0.15) is 0 Å². The lowest BCUT2D eigenvalue weighted by atomic mass is 10.2. The molecule has 0 atom stereocenters. The summed E-state index contributed by atoms with van der Waals surface area (Å²) in [5.74, 6) is 2.41. The summed E-state index contributed by atoms with van der Waals surface area (Å²) < 4.78 is 2.07. The zero-order chi connectivity index (χ0) is 11.7. The molecule has 6 heteroatoms. The number of rotatable bonds is 2. The Morgan fingerprint density at radius 1 is 1.35 bits per heavy atom. The number of halogens is 1. The fourth-order valence-electron chi connectivity index (χ4n) is 2.07. The molecule has 0 spiro atoms. The zero-order valence-electron chi connectivity index (χ0n) is 9.25. The van der Waals surface area contributed by atoms with Gasteiger partial charge in [-0.25, -0.2) is 4.98 Å². The molecule has 1 aliphatic heterocycles. The summed E-state index contributed by atoms with van der Waals surface area (Å²) in [5, 5.41) is 8.01. The van der Waals surface area contributed by atoms with Crippen molar-refractivity contribution in [3.63, 3.8) is 0 Å². The van der Waals surface area contributed by atoms with Gasteiger partial charge < -0.3 is 9.47 Å². The molecule has 3 heterocycles. The van der Waals surface area contributed by atoms with Crippen LogP contribution in [0.25, 0.3) is 0 Å². The van der Waals surface area contributed by atoms with Gasteiger partial charge in [0.2, 0.25) is 0 Å². The lowest BCUT2D eigenvalue weighted by Crippen LogP contribution is -2.34. The van der Waals surface area contributed by atoms with Crippen molar-refractivity contribution in [3.05, 3.63) is 36.0 Å². The molecule has 3 rings (SSSR count). The molecule has 17 heavy (non-hydrogen) atoms. The molecule has 0 N–H and O–H groups in total. The highest BCUT2D eigenvalue weighted by Crippen LogP contribution is 2.22. The molecule has 0 fully saturated rings. The van der Waals surface area contributed by atoms with E-state index in [0.717, 1.165) is 36.8 Å². The maximum absolute atomic E-state index is 5.93. The molecule has 0 unspecified atom stereocenters. The Hall–Kier alpha value is -1.62. The van der Waals surface area contributed by atoms with Crippen LogP contribution in [0.1, 0.15) is 11.4 Å². The maximum atomic E-state index is 5.93. The van der Waals surface area contributed by atoms with E-state index in [1.54, 1.807) is 12.5 Å². The van der Waals surface area contributed by atoms with Gasteiger partial charge in [0, 0.05) is 24.8 Å². The molecule has 0 aromatic carbocycles. The van der Waals surface area contributed by atoms with E-state index in [9.17, 15) is 0 Å². The highest BCUT2D eigenvalue weighted by molar-refractivity contribution is 6.17. The lowest BCUT2D eigenvalue weighted by molar-refractivity contribution is 0.555. The van der Waals surface area contributed by atoms with E-state index in [2.05, 4.69) is 24.6 Å². The summed E-state index contributed by atoms with van der Waals surface area (Å²) in [5.41, 5.74) is 1.06. The van der Waals surface area contributed by atoms with Crippen molar-refractivity contribution in [2.75, 3.05) is 11.4 Å². The van der Waals surface area contributed by atoms with Gasteiger partial charge in [-0.1, -0.05) is 6.07 Å². The van der Waals surface area contributed by atoms with Crippen LogP contribution in [0.3, 0.4) is 0 Å². The predicted molar refractivity (Wildman–Crippen MR) is 64.9 cm³/mol. The third-order valence-electron chi connectivity index (χ3n) is 2.95. The molecule has 2 aromatic rings. The summed E-state index contributed by atoms with van der Waals surface area (Å²) in [6.45, 7) is 2.54. The molecular formula is C11H12ClN5. The van der Waals surface area contributed by atoms with Gasteiger partial charge in [-0.05, 0) is 6.07 Å². The topological polar surface area (TPSA) is 46.8 Å². The zero-order valence-corrected chi connectivity index (χ0v) is 10.0. The Bertz CT molecular complexity index is 524. The number of pyridine rings is 1. The average molecular weight is 250 g/mol. The number of alkyl halides is 1. The molecule has 0 saturated heterocycles. The molecule has 1 aliphatic rings. The van der Waals surface area contributed by atoms with Gasteiger partial charge in [0.1, 0.15) is 12.1 Å². The molecule has 0 amide bonds. The smallest absolute Gasteiger partial charge is 0.152 e. The van der Waals surface area contributed by atoms with Crippen LogP contribution in [0, 0.1) is 0 Å². The molecule has 0 bridgehead atoms. The van der Waals surface area contributed by atoms with Crippen LogP contribution in [-0.4, -0.2) is 26.3 Å². The predicted octanol–water partition coefficient (Wildman–Crippen LogP) is 1.43. The van der Waals surface area contributed by atoms with Crippen molar-refractivity contribution in [1.82, 2.24) is 19.7 Å². The van der Waals surface area contributed by atoms with Crippen LogP contribution < -0.4 is 4.90 Å². The minimum atomic E-state index is 0.479. The SMILES string of the molecule is ClCc1cccnc1N1CCn2cnnc2C1. The molecule has 88 valence electrons. The Labute approximate surface area is 104 Å². The Kier molecular flexibility index (Phi) is 2.68. The number of nitrogens with zero attached hydrogens (tertiary/aromatic N) is 5. The molecule has 0 saturated carbocycles. The van der Waals surface area contributed by atoms with Gasteiger partial charge in [-0.3, -0.25) is 0 Å². The van der Waals surface area contributed by atoms with Gasteiger partial charge in [0.05, 0.1) is 12.4 Å². The first-order valence-corrected chi connectivity index (χ1v) is 6.03. The average Bonchev–Trinajstić information content (AvgIpc) is 2.85. The highest BCUT2D eigenvalue weighted by atomic mass is 35.5. The number of anilines is 1. The first-order chi connectivity index (χ1) is 8.38. The van der Waals surface area contributed by atoms with Crippen molar-refractivity contribution < 1.29 is 0 Å². The third-order valence-corrected chi connectivity index (χ3v) is 3.24. The normalized spacial score (nSPS) is 14.8. The first-order valence-electron chi connectivity index (χ1n) is 5.50. The van der Waals surface area contributed by atoms with Crippen molar-refractivity contribution in [2.24, 2.45) is 0 Å². The van der Waals surface area contributed by atoms with E-state index in [-0.39, 0.29) is 0 Å². The van der Waals surface area contributed by atoms with E-state index in [0.29, 0.717) is 5.88 Å². The van der Waals surface area contributed by atoms with Crippen LogP contribution in [-0.2, 0) is 19.0 Å². The van der Waals surface area contributed by atoms with Crippen molar-refractivity contribution >= 4 is 17.4 Å². The number of hydrogen-bond acceptors (Lipinski definition) is 4. The molecule has 2 aromatic heterocycles. The van der Waals surface area contributed by atoms with Gasteiger partial charge in [0.25, 0.3) is 0 Å². The molecule has 5 nitrogen and oxygen atoms in total. The minimum Gasteiger partial charge on any atom is -0.347 e. The summed E-state index contributed by atoms with van der Waals surface area (Å²) in [7, 11) is 0. The Balaban J connectivity index is 1.91. The fourth-order valence-corrected chi connectivity index (χ4v) is 2.28. The number of aromatic nitrogens is 4. The Morgan fingerprint density at radius 2 is 2.29 bits per heavy atom. The molecule has 0 aliphatic carbocycles. The molecular weight excluding hydrogens is 238 g/mol. The summed E-state index contributed by atoms with van der Waals surface area (Å²) >= 11 is 5.93. The van der Waals surface area contributed by atoms with Crippen LogP contribution in [0.2, 0.25) is 0 Å². The monoisotopic (exact) mass is 249 g/mol. The highest BCUT2D eigenvalue weighted by Gasteiger charge is 2.20. The minimum absolute atomic E-state index is 0.479. The van der Waals surface area contributed by atoms with Gasteiger partial charge in [0.15, 0.2) is 5.82 Å². The van der Waals surface area contributed by atoms with E-state index < -0.39 is 0 Å². The maximum Gasteiger partial charge on any atom is 0.152 e. The van der Waals surface area contributed by atoms with E-state index >= 15 is 0 Å². The molecule has 0 radical (unpaired) electrons. The second-order valence-electron chi connectivity index (χ2n) is 3.98. The first kappa shape index (κ1) is 10.5. The summed E-state index contributed by atoms with van der Waals surface area (Å²) in [4.78, 5) is 6.61. The van der Waals surface area contributed by atoms with Crippen molar-refractivity contribution in [3.8, 4) is 0 Å². The van der Waals surface area contributed by atoms with Crippen molar-refractivity contribution in [2.45, 2.75) is 19.0 Å². The second-order valence-corrected chi connectivity index (χ2v) is 4.25. The van der Waals surface area contributed by atoms with Gasteiger partial charge in [-0.15, -0.1) is 21.8 Å². The Morgan fingerprint density at radius 3 is 3.18 bits per heavy atom. The summed E-state index contributed by atoms with van der Waals surface area (Å²) in [6, 6.07) is 3.92. The van der Waals surface area contributed by atoms with Crippen molar-refractivity contribution in [1.29, 1.82) is 0 Å². The van der Waals surface area contributed by atoms with E-state index in [1.807, 2.05) is 12.1 Å². The number of fused-ring (bicyclic) bond motifs is 1. The van der Waals surface area contributed by atoms with Crippen LogP contribution in [0.15, 0.2) is 24.7 Å². The largest absolute Gasteiger partial charge is 0.347 e. The standard InChI is InChI=1S/C11H12ClN5/c12-6-9-2-1-3-13-11(9)16-4-5-17-8-14-15-10(17)7-16/h1-3,8H,4-7H2. The lowest BCUT2D eigenvalue weighted by Gasteiger charge is -2.29. The summed E-state index contributed by atoms with van der Waals surface area (Å²) in [6.07, 6.45) is 3.57. The number of hydrogen-bond donors (Lipinski definition) is 0. The third kappa shape index (κ3) is 1.86. The van der Waals surface area contributed by atoms with Gasteiger partial charge >= 0.3 is 0 Å². The van der Waals surface area contributed by atoms with E-state index in [4.69, 9.17) is 11.6 Å². The van der Waals surface area contributed by atoms with Crippen LogP contribution >= 0.6 is 11.6 Å². The van der Waals surface area contributed by atoms with E-state index in [1.165, 1.54) is 0 Å². The second kappa shape index (κ2) is 4.33. The fraction of sp³-hybridized carbons (Fsp3) is 0.364. The van der Waals surface area contributed by atoms with Crippen LogP contribution in [0.5, 0.6) is 0 Å².